The van der Waals surface area contributed by atoms with Crippen molar-refractivity contribution in [3.8, 4) is 11.5 Å². The van der Waals surface area contributed by atoms with Gasteiger partial charge < -0.3 is 25.1 Å². The third-order valence-corrected chi connectivity index (χ3v) is 3.00. The van der Waals surface area contributed by atoms with Gasteiger partial charge >= 0.3 is 11.9 Å². The normalized spacial score (nSPS) is 13.0. The van der Waals surface area contributed by atoms with Gasteiger partial charge in [-0.25, -0.2) is 4.79 Å². The Morgan fingerprint density at radius 2 is 1.78 bits per heavy atom. The fraction of sp³-hybridized carbons (Fsp3) is 0.500. The average molecular weight is 325 g/mol. The number of carbonyl (C=O) groups excluding carboxylic acids is 1. The first kappa shape index (κ1) is 18.8. The number of aliphatic carboxylic acids is 1. The molecular formula is C16H23NO6. The third-order valence-electron chi connectivity index (χ3n) is 3.00. The molecule has 0 radical (unpaired) electrons. The van der Waals surface area contributed by atoms with E-state index >= 15 is 0 Å². The maximum Gasteiger partial charge on any atom is 0.346 e. The van der Waals surface area contributed by atoms with Gasteiger partial charge in [-0.3, -0.25) is 4.79 Å². The number of benzene rings is 1. The first-order valence-corrected chi connectivity index (χ1v) is 7.43. The Hall–Kier alpha value is -2.28. The lowest BCUT2D eigenvalue weighted by molar-refractivity contribution is -0.163. The number of hydrogen-bond donors (Lipinski definition) is 2. The van der Waals surface area contributed by atoms with Crippen LogP contribution < -0.4 is 15.2 Å². The fourth-order valence-corrected chi connectivity index (χ4v) is 2.10. The van der Waals surface area contributed by atoms with E-state index in [-0.39, 0.29) is 6.42 Å². The minimum Gasteiger partial charge on any atom is -0.490 e. The smallest absolute Gasteiger partial charge is 0.346 e. The zero-order valence-corrected chi connectivity index (χ0v) is 13.6. The summed E-state index contributed by atoms with van der Waals surface area (Å²) in [6, 6.07) is 4.41. The molecule has 7 heteroatoms. The SMILES string of the molecule is CCOc1ccc(CC(N)C(OC(C)=O)C(=O)O)cc1OCC. The second-order valence-electron chi connectivity index (χ2n) is 4.88. The maximum atomic E-state index is 11.2. The van der Waals surface area contributed by atoms with Crippen LogP contribution in [0.5, 0.6) is 11.5 Å². The van der Waals surface area contributed by atoms with Crippen LogP contribution in [0.25, 0.3) is 0 Å². The van der Waals surface area contributed by atoms with Gasteiger partial charge in [0.1, 0.15) is 0 Å². The van der Waals surface area contributed by atoms with Crippen molar-refractivity contribution < 1.29 is 28.9 Å². The minimum atomic E-state index is -1.39. The number of ether oxygens (including phenoxy) is 3. The van der Waals surface area contributed by atoms with Crippen molar-refractivity contribution in [1.29, 1.82) is 0 Å². The average Bonchev–Trinajstić information content (AvgIpc) is 2.47. The predicted molar refractivity (Wildman–Crippen MR) is 83.6 cm³/mol. The van der Waals surface area contributed by atoms with Gasteiger partial charge in [0.05, 0.1) is 19.3 Å². The molecule has 0 spiro atoms. The zero-order chi connectivity index (χ0) is 17.4. The van der Waals surface area contributed by atoms with E-state index in [1.165, 1.54) is 0 Å². The number of carbonyl (C=O) groups is 2. The van der Waals surface area contributed by atoms with E-state index in [2.05, 4.69) is 0 Å². The van der Waals surface area contributed by atoms with Crippen molar-refractivity contribution in [1.82, 2.24) is 0 Å². The van der Waals surface area contributed by atoms with Gasteiger partial charge in [0.25, 0.3) is 0 Å². The van der Waals surface area contributed by atoms with Crippen molar-refractivity contribution in [2.24, 2.45) is 5.73 Å². The molecule has 0 aliphatic carbocycles. The van der Waals surface area contributed by atoms with Crippen molar-refractivity contribution in [2.75, 3.05) is 13.2 Å². The van der Waals surface area contributed by atoms with E-state index in [0.29, 0.717) is 24.7 Å². The van der Waals surface area contributed by atoms with Crippen LogP contribution in [0.4, 0.5) is 0 Å². The van der Waals surface area contributed by atoms with Gasteiger partial charge in [0.15, 0.2) is 11.5 Å². The van der Waals surface area contributed by atoms with E-state index in [9.17, 15) is 9.59 Å². The van der Waals surface area contributed by atoms with E-state index in [1.807, 2.05) is 13.8 Å². The van der Waals surface area contributed by atoms with Gasteiger partial charge in [-0.15, -0.1) is 0 Å². The number of carboxylic acid groups (broad SMARTS) is 1. The molecule has 0 saturated heterocycles. The molecule has 0 heterocycles. The molecule has 128 valence electrons. The molecule has 1 aromatic rings. The molecule has 0 aliphatic rings. The van der Waals surface area contributed by atoms with Gasteiger partial charge in [0.2, 0.25) is 6.10 Å². The summed E-state index contributed by atoms with van der Waals surface area (Å²) in [5.74, 6) is -0.780. The molecule has 0 bridgehead atoms. The highest BCUT2D eigenvalue weighted by Gasteiger charge is 2.28. The monoisotopic (exact) mass is 325 g/mol. The zero-order valence-electron chi connectivity index (χ0n) is 13.6. The first-order valence-electron chi connectivity index (χ1n) is 7.43. The summed E-state index contributed by atoms with van der Waals surface area (Å²) in [5.41, 5.74) is 6.66. The predicted octanol–water partition coefficient (Wildman–Crippen LogP) is 1.37. The maximum absolute atomic E-state index is 11.2. The van der Waals surface area contributed by atoms with E-state index < -0.39 is 24.1 Å². The molecule has 0 fully saturated rings. The van der Waals surface area contributed by atoms with Gasteiger partial charge in [-0.05, 0) is 38.0 Å². The Labute approximate surface area is 135 Å². The van der Waals surface area contributed by atoms with Crippen LogP contribution in [0.2, 0.25) is 0 Å². The molecule has 3 N–H and O–H groups in total. The standard InChI is InChI=1S/C16H23NO6/c1-4-21-13-7-6-11(9-14(13)22-5-2)8-12(17)15(16(19)20)23-10(3)18/h6-7,9,12,15H,4-5,8,17H2,1-3H3,(H,19,20). The Morgan fingerprint density at radius 3 is 2.30 bits per heavy atom. The van der Waals surface area contributed by atoms with Crippen molar-refractivity contribution in [3.05, 3.63) is 23.8 Å². The second-order valence-corrected chi connectivity index (χ2v) is 4.88. The van der Waals surface area contributed by atoms with Crippen molar-refractivity contribution in [3.63, 3.8) is 0 Å². The van der Waals surface area contributed by atoms with Crippen molar-refractivity contribution in [2.45, 2.75) is 39.3 Å². The van der Waals surface area contributed by atoms with Crippen LogP contribution in [0.15, 0.2) is 18.2 Å². The molecular weight excluding hydrogens is 302 g/mol. The van der Waals surface area contributed by atoms with Crippen LogP contribution in [-0.2, 0) is 20.7 Å². The summed E-state index contributed by atoms with van der Waals surface area (Å²) in [4.78, 5) is 22.2. The number of rotatable bonds is 9. The molecule has 2 unspecified atom stereocenters. The summed E-state index contributed by atoms with van der Waals surface area (Å²) in [6.07, 6.45) is -1.17. The second kappa shape index (κ2) is 8.99. The summed E-state index contributed by atoms with van der Waals surface area (Å²) < 4.78 is 15.8. The minimum absolute atomic E-state index is 0.219. The van der Waals surface area contributed by atoms with Crippen LogP contribution in [-0.4, -0.2) is 42.4 Å². The van der Waals surface area contributed by atoms with Crippen LogP contribution in [0, 0.1) is 0 Å². The summed E-state index contributed by atoms with van der Waals surface area (Å²) in [5, 5.41) is 9.12. The molecule has 7 nitrogen and oxygen atoms in total. The summed E-state index contributed by atoms with van der Waals surface area (Å²) >= 11 is 0. The molecule has 1 aromatic carbocycles. The largest absolute Gasteiger partial charge is 0.490 e. The Kier molecular flexibility index (Phi) is 7.34. The Balaban J connectivity index is 2.91. The molecule has 0 amide bonds. The highest BCUT2D eigenvalue weighted by Crippen LogP contribution is 2.29. The molecule has 0 aromatic heterocycles. The number of carboxylic acids is 1. The molecule has 0 saturated carbocycles. The fourth-order valence-electron chi connectivity index (χ4n) is 2.10. The van der Waals surface area contributed by atoms with Gasteiger partial charge in [-0.2, -0.15) is 0 Å². The van der Waals surface area contributed by atoms with Gasteiger partial charge in [-0.1, -0.05) is 6.07 Å². The van der Waals surface area contributed by atoms with E-state index in [4.69, 9.17) is 25.1 Å². The van der Waals surface area contributed by atoms with E-state index in [0.717, 1.165) is 12.5 Å². The Morgan fingerprint density at radius 1 is 1.17 bits per heavy atom. The van der Waals surface area contributed by atoms with Crippen LogP contribution in [0.3, 0.4) is 0 Å². The van der Waals surface area contributed by atoms with Gasteiger partial charge in [0, 0.05) is 6.92 Å². The molecule has 0 aliphatic heterocycles. The molecule has 23 heavy (non-hydrogen) atoms. The lowest BCUT2D eigenvalue weighted by atomic mass is 10.0. The number of hydrogen-bond acceptors (Lipinski definition) is 6. The lowest BCUT2D eigenvalue weighted by Crippen LogP contribution is -2.44. The highest BCUT2D eigenvalue weighted by molar-refractivity contribution is 5.77. The molecule has 1 rings (SSSR count). The number of esters is 1. The summed E-state index contributed by atoms with van der Waals surface area (Å²) in [6.45, 7) is 5.85. The topological polar surface area (TPSA) is 108 Å². The van der Waals surface area contributed by atoms with E-state index in [1.54, 1.807) is 18.2 Å². The third kappa shape index (κ3) is 5.78. The highest BCUT2D eigenvalue weighted by atomic mass is 16.6. The first-order chi connectivity index (χ1) is 10.9. The van der Waals surface area contributed by atoms with Crippen LogP contribution >= 0.6 is 0 Å². The number of nitrogens with two attached hydrogens (primary N) is 1. The lowest BCUT2D eigenvalue weighted by Gasteiger charge is -2.20. The summed E-state index contributed by atoms with van der Waals surface area (Å²) in [7, 11) is 0. The van der Waals surface area contributed by atoms with Crippen LogP contribution in [0.1, 0.15) is 26.3 Å². The molecule has 2 atom stereocenters. The Bertz CT molecular complexity index is 545. The quantitative estimate of drug-likeness (QED) is 0.660. The van der Waals surface area contributed by atoms with Crippen molar-refractivity contribution >= 4 is 11.9 Å².